The standard InChI is InChI=1S/C11H10N2O4/c1-2-5-12-11(15)8-3-4-9(7-14)10(6-8)13(16)17/h1,3-4,6,14H,5,7H2,(H,12,15). The normalized spacial score (nSPS) is 9.41. The summed E-state index contributed by atoms with van der Waals surface area (Å²) in [5.74, 6) is 1.73. The number of nitrogens with zero attached hydrogens (tertiary/aromatic N) is 1. The Kier molecular flexibility index (Phi) is 4.20. The molecule has 0 aromatic heterocycles. The molecule has 0 aliphatic rings. The van der Waals surface area contributed by atoms with Crippen molar-refractivity contribution >= 4 is 11.6 Å². The number of nitrogens with one attached hydrogen (secondary N) is 1. The Morgan fingerprint density at radius 1 is 1.59 bits per heavy atom. The Morgan fingerprint density at radius 2 is 2.29 bits per heavy atom. The van der Waals surface area contributed by atoms with Crippen LogP contribution in [0, 0.1) is 22.5 Å². The van der Waals surface area contributed by atoms with Gasteiger partial charge in [-0.2, -0.15) is 0 Å². The van der Waals surface area contributed by atoms with E-state index in [0.29, 0.717) is 0 Å². The molecule has 1 rings (SSSR count). The molecule has 0 heterocycles. The number of hydrogen-bond acceptors (Lipinski definition) is 4. The van der Waals surface area contributed by atoms with Gasteiger partial charge in [-0.05, 0) is 12.1 Å². The maximum atomic E-state index is 11.5. The lowest BCUT2D eigenvalue weighted by atomic mass is 10.1. The van der Waals surface area contributed by atoms with Crippen molar-refractivity contribution in [3.05, 3.63) is 39.4 Å². The summed E-state index contributed by atoms with van der Waals surface area (Å²) in [6.07, 6.45) is 4.97. The molecule has 0 aliphatic heterocycles. The van der Waals surface area contributed by atoms with Gasteiger partial charge < -0.3 is 10.4 Å². The van der Waals surface area contributed by atoms with Crippen molar-refractivity contribution in [1.82, 2.24) is 5.32 Å². The first-order valence-corrected chi connectivity index (χ1v) is 4.70. The number of rotatable bonds is 4. The average molecular weight is 234 g/mol. The monoisotopic (exact) mass is 234 g/mol. The summed E-state index contributed by atoms with van der Waals surface area (Å²) in [6, 6.07) is 3.84. The molecule has 17 heavy (non-hydrogen) atoms. The number of aliphatic hydroxyl groups excluding tert-OH is 1. The summed E-state index contributed by atoms with van der Waals surface area (Å²) in [6.45, 7) is -0.406. The van der Waals surface area contributed by atoms with E-state index >= 15 is 0 Å². The number of benzene rings is 1. The fourth-order valence-electron chi connectivity index (χ4n) is 1.24. The smallest absolute Gasteiger partial charge is 0.275 e. The molecule has 0 radical (unpaired) electrons. The highest BCUT2D eigenvalue weighted by atomic mass is 16.6. The average Bonchev–Trinajstić information content (AvgIpc) is 2.34. The number of nitro benzene ring substituents is 1. The molecule has 2 N–H and O–H groups in total. The Labute approximate surface area is 97.4 Å². The van der Waals surface area contributed by atoms with Crippen LogP contribution in [-0.2, 0) is 6.61 Å². The van der Waals surface area contributed by atoms with Crippen molar-refractivity contribution in [2.45, 2.75) is 6.61 Å². The van der Waals surface area contributed by atoms with Gasteiger partial charge in [0.25, 0.3) is 11.6 Å². The third-order valence-electron chi connectivity index (χ3n) is 2.07. The molecule has 6 nitrogen and oxygen atoms in total. The van der Waals surface area contributed by atoms with E-state index in [1.165, 1.54) is 12.1 Å². The number of hydrogen-bond donors (Lipinski definition) is 2. The third kappa shape index (κ3) is 3.03. The van der Waals surface area contributed by atoms with E-state index in [0.717, 1.165) is 6.07 Å². The van der Waals surface area contributed by atoms with Gasteiger partial charge in [0.2, 0.25) is 0 Å². The first-order chi connectivity index (χ1) is 8.10. The van der Waals surface area contributed by atoms with Crippen LogP contribution in [0.15, 0.2) is 18.2 Å². The quantitative estimate of drug-likeness (QED) is 0.449. The molecule has 0 bridgehead atoms. The van der Waals surface area contributed by atoms with E-state index < -0.39 is 17.4 Å². The Morgan fingerprint density at radius 3 is 2.82 bits per heavy atom. The second-order valence-electron chi connectivity index (χ2n) is 3.15. The summed E-state index contributed by atoms with van der Waals surface area (Å²) in [5, 5.41) is 22.0. The SMILES string of the molecule is C#CCNC(=O)c1ccc(CO)c([N+](=O)[O-])c1. The first-order valence-electron chi connectivity index (χ1n) is 4.70. The molecule has 0 saturated heterocycles. The zero-order valence-corrected chi connectivity index (χ0v) is 8.84. The Bertz CT molecular complexity index is 491. The maximum absolute atomic E-state index is 11.5. The van der Waals surface area contributed by atoms with E-state index in [4.69, 9.17) is 11.5 Å². The van der Waals surface area contributed by atoms with Crippen LogP contribution in [0.1, 0.15) is 15.9 Å². The van der Waals surface area contributed by atoms with Crippen molar-refractivity contribution in [1.29, 1.82) is 0 Å². The fourth-order valence-corrected chi connectivity index (χ4v) is 1.24. The summed E-state index contributed by atoms with van der Waals surface area (Å²) in [7, 11) is 0. The predicted octanol–water partition coefficient (Wildman–Crippen LogP) is 0.450. The van der Waals surface area contributed by atoms with Gasteiger partial charge in [-0.15, -0.1) is 6.42 Å². The number of nitro groups is 1. The van der Waals surface area contributed by atoms with Crippen LogP contribution in [0.4, 0.5) is 5.69 Å². The van der Waals surface area contributed by atoms with Gasteiger partial charge in [0.15, 0.2) is 0 Å². The van der Waals surface area contributed by atoms with Crippen LogP contribution in [0.25, 0.3) is 0 Å². The molecule has 0 fully saturated rings. The zero-order valence-electron chi connectivity index (χ0n) is 8.84. The van der Waals surface area contributed by atoms with Crippen LogP contribution < -0.4 is 5.32 Å². The maximum Gasteiger partial charge on any atom is 0.275 e. The van der Waals surface area contributed by atoms with Crippen molar-refractivity contribution in [3.63, 3.8) is 0 Å². The highest BCUT2D eigenvalue weighted by Crippen LogP contribution is 2.20. The van der Waals surface area contributed by atoms with E-state index in [9.17, 15) is 14.9 Å². The highest BCUT2D eigenvalue weighted by Gasteiger charge is 2.16. The number of terminal acetylenes is 1. The zero-order chi connectivity index (χ0) is 12.8. The van der Waals surface area contributed by atoms with Crippen LogP contribution in [0.5, 0.6) is 0 Å². The molecule has 0 saturated carbocycles. The van der Waals surface area contributed by atoms with Crippen LogP contribution in [-0.4, -0.2) is 22.5 Å². The molecule has 0 unspecified atom stereocenters. The third-order valence-corrected chi connectivity index (χ3v) is 2.07. The Balaban J connectivity index is 3.04. The fraction of sp³-hybridized carbons (Fsp3) is 0.182. The van der Waals surface area contributed by atoms with E-state index in [1.807, 2.05) is 0 Å². The molecule has 0 spiro atoms. The summed E-state index contributed by atoms with van der Waals surface area (Å²) < 4.78 is 0. The minimum atomic E-state index is -0.649. The first kappa shape index (κ1) is 12.7. The van der Waals surface area contributed by atoms with Crippen molar-refractivity contribution in [3.8, 4) is 12.3 Å². The molecular formula is C11H10N2O4. The van der Waals surface area contributed by atoms with Gasteiger partial charge >= 0.3 is 0 Å². The van der Waals surface area contributed by atoms with E-state index in [-0.39, 0.29) is 23.4 Å². The molecule has 1 aromatic carbocycles. The summed E-state index contributed by atoms with van der Waals surface area (Å²) in [5.41, 5.74) is -0.00601. The lowest BCUT2D eigenvalue weighted by molar-refractivity contribution is -0.385. The molecule has 88 valence electrons. The molecular weight excluding hydrogens is 224 g/mol. The molecule has 1 aromatic rings. The van der Waals surface area contributed by atoms with Gasteiger partial charge in [0, 0.05) is 11.6 Å². The summed E-state index contributed by atoms with van der Waals surface area (Å²) >= 11 is 0. The van der Waals surface area contributed by atoms with Crippen molar-refractivity contribution in [2.75, 3.05) is 6.54 Å². The molecule has 6 heteroatoms. The topological polar surface area (TPSA) is 92.5 Å². The lowest BCUT2D eigenvalue weighted by Gasteiger charge is -2.04. The minimum Gasteiger partial charge on any atom is -0.391 e. The number of aliphatic hydroxyl groups is 1. The van der Waals surface area contributed by atoms with Crippen LogP contribution >= 0.6 is 0 Å². The largest absolute Gasteiger partial charge is 0.391 e. The van der Waals surface area contributed by atoms with Crippen LogP contribution in [0.2, 0.25) is 0 Å². The van der Waals surface area contributed by atoms with Gasteiger partial charge in [-0.25, -0.2) is 0 Å². The molecule has 0 atom stereocenters. The van der Waals surface area contributed by atoms with Crippen molar-refractivity contribution < 1.29 is 14.8 Å². The van der Waals surface area contributed by atoms with E-state index in [1.54, 1.807) is 0 Å². The van der Waals surface area contributed by atoms with E-state index in [2.05, 4.69) is 11.2 Å². The Hall–Kier alpha value is -2.39. The lowest BCUT2D eigenvalue weighted by Crippen LogP contribution is -2.23. The number of carbonyl (C=O) groups excluding carboxylic acids is 1. The number of carbonyl (C=O) groups is 1. The minimum absolute atomic E-state index is 0.0500. The van der Waals surface area contributed by atoms with Crippen LogP contribution in [0.3, 0.4) is 0 Å². The molecule has 1 amide bonds. The predicted molar refractivity (Wildman–Crippen MR) is 60.2 cm³/mol. The highest BCUT2D eigenvalue weighted by molar-refractivity contribution is 5.95. The van der Waals surface area contributed by atoms with Crippen molar-refractivity contribution in [2.24, 2.45) is 0 Å². The van der Waals surface area contributed by atoms with Gasteiger partial charge in [-0.1, -0.05) is 5.92 Å². The second kappa shape index (κ2) is 5.63. The second-order valence-corrected chi connectivity index (χ2v) is 3.15. The summed E-state index contributed by atoms with van der Waals surface area (Å²) in [4.78, 5) is 21.5. The van der Waals surface area contributed by atoms with Gasteiger partial charge in [-0.3, -0.25) is 14.9 Å². The van der Waals surface area contributed by atoms with Gasteiger partial charge in [0.05, 0.1) is 23.6 Å². The molecule has 0 aliphatic carbocycles. The van der Waals surface area contributed by atoms with Gasteiger partial charge in [0.1, 0.15) is 0 Å². The number of amides is 1.